The molecule has 2 rings (SSSR count). The fourth-order valence-corrected chi connectivity index (χ4v) is 2.21. The molecule has 0 aliphatic rings. The van der Waals surface area contributed by atoms with Crippen molar-refractivity contribution in [3.05, 3.63) is 34.4 Å². The molecule has 1 heterocycles. The summed E-state index contributed by atoms with van der Waals surface area (Å²) in [6.07, 6.45) is -0.340. The fraction of sp³-hybridized carbons (Fsp3) is 0.357. The van der Waals surface area contributed by atoms with Gasteiger partial charge in [0.1, 0.15) is 5.60 Å². The number of benzene rings is 1. The van der Waals surface area contributed by atoms with E-state index in [0.717, 1.165) is 21.1 Å². The average molecular weight is 310 g/mol. The number of aryl methyl sites for hydroxylation is 1. The summed E-state index contributed by atoms with van der Waals surface area (Å²) >= 11 is 3.42. The molecule has 1 aromatic heterocycles. The zero-order chi connectivity index (χ0) is 13.5. The van der Waals surface area contributed by atoms with E-state index in [0.29, 0.717) is 0 Å². The molecule has 0 radical (unpaired) electrons. The summed E-state index contributed by atoms with van der Waals surface area (Å²) in [4.78, 5) is 12.2. The van der Waals surface area contributed by atoms with Crippen LogP contribution in [0.5, 0.6) is 0 Å². The van der Waals surface area contributed by atoms with Crippen molar-refractivity contribution in [1.29, 1.82) is 0 Å². The maximum atomic E-state index is 12.2. The Bertz CT molecular complexity index is 608. The van der Waals surface area contributed by atoms with Crippen molar-refractivity contribution in [1.82, 2.24) is 4.57 Å². The van der Waals surface area contributed by atoms with E-state index < -0.39 is 5.60 Å². The Labute approximate surface area is 115 Å². The van der Waals surface area contributed by atoms with Crippen LogP contribution in [0.1, 0.15) is 26.5 Å². The Kier molecular flexibility index (Phi) is 3.23. The smallest absolute Gasteiger partial charge is 0.419 e. The van der Waals surface area contributed by atoms with E-state index in [1.807, 2.05) is 52.0 Å². The van der Waals surface area contributed by atoms with Gasteiger partial charge in [-0.1, -0.05) is 22.0 Å². The van der Waals surface area contributed by atoms with Gasteiger partial charge in [0.2, 0.25) is 0 Å². The molecule has 0 saturated heterocycles. The molecule has 0 aliphatic heterocycles. The second-order valence-electron chi connectivity index (χ2n) is 5.30. The van der Waals surface area contributed by atoms with Gasteiger partial charge in [0.05, 0.1) is 5.52 Å². The first-order valence-corrected chi connectivity index (χ1v) is 6.58. The molecule has 96 valence electrons. The van der Waals surface area contributed by atoms with Gasteiger partial charge in [0.25, 0.3) is 0 Å². The van der Waals surface area contributed by atoms with Crippen LogP contribution in [0.25, 0.3) is 10.9 Å². The number of rotatable bonds is 0. The maximum absolute atomic E-state index is 12.2. The van der Waals surface area contributed by atoms with Gasteiger partial charge in [0.15, 0.2) is 0 Å². The monoisotopic (exact) mass is 309 g/mol. The summed E-state index contributed by atoms with van der Waals surface area (Å²) < 4.78 is 7.96. The number of carbonyl (C=O) groups is 1. The summed E-state index contributed by atoms with van der Waals surface area (Å²) in [5.74, 6) is 0. The number of carbonyl (C=O) groups excluding carboxylic acids is 1. The molecule has 0 N–H and O–H groups in total. The Morgan fingerprint density at radius 3 is 2.56 bits per heavy atom. The molecule has 0 spiro atoms. The van der Waals surface area contributed by atoms with Crippen molar-refractivity contribution >= 4 is 32.9 Å². The normalized spacial score (nSPS) is 11.8. The predicted molar refractivity (Wildman–Crippen MR) is 76.0 cm³/mol. The maximum Gasteiger partial charge on any atom is 0.419 e. The highest BCUT2D eigenvalue weighted by Gasteiger charge is 2.20. The summed E-state index contributed by atoms with van der Waals surface area (Å²) in [6.45, 7) is 7.49. The largest absolute Gasteiger partial charge is 0.443 e. The minimum Gasteiger partial charge on any atom is -0.443 e. The van der Waals surface area contributed by atoms with Crippen LogP contribution in [0.4, 0.5) is 4.79 Å². The Balaban J connectivity index is 2.53. The topological polar surface area (TPSA) is 31.2 Å². The second kappa shape index (κ2) is 4.43. The van der Waals surface area contributed by atoms with Crippen molar-refractivity contribution in [2.24, 2.45) is 0 Å². The van der Waals surface area contributed by atoms with E-state index >= 15 is 0 Å². The summed E-state index contributed by atoms with van der Waals surface area (Å²) in [7, 11) is 0. The highest BCUT2D eigenvalue weighted by Crippen LogP contribution is 2.24. The SMILES string of the molecule is Cc1cc2ccc(Br)cc2n1C(=O)OC(C)(C)C. The molecule has 0 fully saturated rings. The first-order valence-electron chi connectivity index (χ1n) is 5.79. The van der Waals surface area contributed by atoms with Crippen LogP contribution in [-0.2, 0) is 4.74 Å². The van der Waals surface area contributed by atoms with Gasteiger partial charge in [-0.15, -0.1) is 0 Å². The molecule has 1 aromatic carbocycles. The molecule has 4 heteroatoms. The minimum absolute atomic E-state index is 0.340. The van der Waals surface area contributed by atoms with Crippen LogP contribution < -0.4 is 0 Å². The third-order valence-electron chi connectivity index (χ3n) is 2.53. The molecule has 0 bridgehead atoms. The molecular weight excluding hydrogens is 294 g/mol. The van der Waals surface area contributed by atoms with E-state index in [1.54, 1.807) is 4.57 Å². The highest BCUT2D eigenvalue weighted by atomic mass is 79.9. The quantitative estimate of drug-likeness (QED) is 0.717. The van der Waals surface area contributed by atoms with Gasteiger partial charge in [-0.05, 0) is 45.9 Å². The van der Waals surface area contributed by atoms with Gasteiger partial charge in [-0.2, -0.15) is 0 Å². The first-order chi connectivity index (χ1) is 8.28. The van der Waals surface area contributed by atoms with Crippen molar-refractivity contribution in [2.75, 3.05) is 0 Å². The summed E-state index contributed by atoms with van der Waals surface area (Å²) in [5.41, 5.74) is 1.24. The average Bonchev–Trinajstić information content (AvgIpc) is 2.50. The first kappa shape index (κ1) is 13.1. The zero-order valence-electron chi connectivity index (χ0n) is 11.0. The number of hydrogen-bond donors (Lipinski definition) is 0. The van der Waals surface area contributed by atoms with Gasteiger partial charge in [-0.3, -0.25) is 0 Å². The van der Waals surface area contributed by atoms with E-state index in [-0.39, 0.29) is 6.09 Å². The van der Waals surface area contributed by atoms with Crippen LogP contribution in [0, 0.1) is 6.92 Å². The fourth-order valence-electron chi connectivity index (χ4n) is 1.86. The van der Waals surface area contributed by atoms with Crippen molar-refractivity contribution in [2.45, 2.75) is 33.3 Å². The molecule has 0 atom stereocenters. The van der Waals surface area contributed by atoms with Crippen LogP contribution in [0.2, 0.25) is 0 Å². The lowest BCUT2D eigenvalue weighted by atomic mass is 10.2. The molecule has 0 aliphatic carbocycles. The Hall–Kier alpha value is -1.29. The number of ether oxygens (including phenoxy) is 1. The van der Waals surface area contributed by atoms with Crippen LogP contribution in [0.3, 0.4) is 0 Å². The van der Waals surface area contributed by atoms with Crippen LogP contribution in [0.15, 0.2) is 28.7 Å². The third kappa shape index (κ3) is 2.58. The van der Waals surface area contributed by atoms with Gasteiger partial charge in [0, 0.05) is 15.6 Å². The molecule has 0 saturated carbocycles. The minimum atomic E-state index is -0.494. The summed E-state index contributed by atoms with van der Waals surface area (Å²) in [5, 5.41) is 1.03. The van der Waals surface area contributed by atoms with Crippen molar-refractivity contribution < 1.29 is 9.53 Å². The molecule has 3 nitrogen and oxygen atoms in total. The Morgan fingerprint density at radius 1 is 1.28 bits per heavy atom. The molecule has 18 heavy (non-hydrogen) atoms. The van der Waals surface area contributed by atoms with E-state index in [9.17, 15) is 4.79 Å². The van der Waals surface area contributed by atoms with Crippen LogP contribution in [-0.4, -0.2) is 16.3 Å². The molecule has 2 aromatic rings. The standard InChI is InChI=1S/C14H16BrNO2/c1-9-7-10-5-6-11(15)8-12(10)16(9)13(17)18-14(2,3)4/h5-8H,1-4H3. The van der Waals surface area contributed by atoms with Crippen molar-refractivity contribution in [3.63, 3.8) is 0 Å². The molecular formula is C14H16BrNO2. The van der Waals surface area contributed by atoms with Crippen molar-refractivity contribution in [3.8, 4) is 0 Å². The highest BCUT2D eigenvalue weighted by molar-refractivity contribution is 9.10. The van der Waals surface area contributed by atoms with Crippen LogP contribution >= 0.6 is 15.9 Å². The van der Waals surface area contributed by atoms with E-state index in [1.165, 1.54) is 0 Å². The molecule has 0 amide bonds. The third-order valence-corrected chi connectivity index (χ3v) is 3.02. The number of hydrogen-bond acceptors (Lipinski definition) is 2. The number of aromatic nitrogens is 1. The van der Waals surface area contributed by atoms with E-state index in [4.69, 9.17) is 4.74 Å². The lowest BCUT2D eigenvalue weighted by Crippen LogP contribution is -2.27. The van der Waals surface area contributed by atoms with Gasteiger partial charge in [-0.25, -0.2) is 9.36 Å². The number of halogens is 1. The zero-order valence-corrected chi connectivity index (χ0v) is 12.5. The molecule has 0 unspecified atom stereocenters. The van der Waals surface area contributed by atoms with Gasteiger partial charge >= 0.3 is 6.09 Å². The lowest BCUT2D eigenvalue weighted by Gasteiger charge is -2.20. The van der Waals surface area contributed by atoms with Gasteiger partial charge < -0.3 is 4.74 Å². The second-order valence-corrected chi connectivity index (χ2v) is 6.22. The number of fused-ring (bicyclic) bond motifs is 1. The lowest BCUT2D eigenvalue weighted by molar-refractivity contribution is 0.0542. The summed E-state index contributed by atoms with van der Waals surface area (Å²) in [6, 6.07) is 7.84. The Morgan fingerprint density at radius 2 is 1.94 bits per heavy atom. The van der Waals surface area contributed by atoms with E-state index in [2.05, 4.69) is 15.9 Å². The predicted octanol–water partition coefficient (Wildman–Crippen LogP) is 4.50. The number of nitrogens with zero attached hydrogens (tertiary/aromatic N) is 1.